The maximum atomic E-state index is 6.05. The van der Waals surface area contributed by atoms with Crippen LogP contribution in [0.5, 0.6) is 23.0 Å². The second kappa shape index (κ2) is 25.2. The molecule has 0 radical (unpaired) electrons. The van der Waals surface area contributed by atoms with Crippen molar-refractivity contribution in [3.63, 3.8) is 0 Å². The largest absolute Gasteiger partial charge is 0.494 e. The molecule has 0 aliphatic carbocycles. The number of hydrogen-bond acceptors (Lipinski definition) is 4. The smallest absolute Gasteiger partial charge is 0.119 e. The lowest BCUT2D eigenvalue weighted by molar-refractivity contribution is 0.306. The highest BCUT2D eigenvalue weighted by atomic mass is 16.5. The molecule has 5 aromatic carbocycles. The number of rotatable bonds is 26. The molecule has 0 spiro atoms. The van der Waals surface area contributed by atoms with Gasteiger partial charge >= 0.3 is 0 Å². The van der Waals surface area contributed by atoms with Crippen LogP contribution in [-0.4, -0.2) is 26.4 Å². The number of ether oxygens (including phenoxy) is 4. The molecule has 0 aliphatic heterocycles. The van der Waals surface area contributed by atoms with E-state index < -0.39 is 0 Å². The van der Waals surface area contributed by atoms with Crippen LogP contribution in [-0.2, 0) is 0 Å². The van der Waals surface area contributed by atoms with Crippen LogP contribution in [0.1, 0.15) is 138 Å². The molecule has 0 amide bonds. The van der Waals surface area contributed by atoms with Gasteiger partial charge in [-0.2, -0.15) is 0 Å². The maximum absolute atomic E-state index is 6.05. The summed E-state index contributed by atoms with van der Waals surface area (Å²) in [5, 5.41) is 0. The molecule has 306 valence electrons. The molecule has 0 unspecified atom stereocenters. The summed E-state index contributed by atoms with van der Waals surface area (Å²) in [5.41, 5.74) is 9.10. The van der Waals surface area contributed by atoms with Gasteiger partial charge in [-0.25, -0.2) is 0 Å². The van der Waals surface area contributed by atoms with Gasteiger partial charge in [0.05, 0.1) is 26.4 Å². The van der Waals surface area contributed by atoms with Gasteiger partial charge in [-0.1, -0.05) is 152 Å². The topological polar surface area (TPSA) is 36.9 Å². The first-order valence-corrected chi connectivity index (χ1v) is 22.1. The quantitative estimate of drug-likeness (QED) is 0.0414. The zero-order valence-electron chi connectivity index (χ0n) is 35.6. The fourth-order valence-electron chi connectivity index (χ4n) is 6.78. The molecule has 0 saturated heterocycles. The standard InChI is InChI=1S/C54H66O4/c1-5-9-13-37-55-49-29-21-45(22-30-49)53(46-23-31-50(32-24-46)56-38-14-10-6-2)41-43-17-19-44(20-18-43)42-54(47-25-33-51(34-26-47)57-39-15-11-7-3)48-27-35-52(36-28-48)58-40-16-12-8-4/h17-36,41-42H,5-16,37-40H2,1-4H3. The second-order valence-corrected chi connectivity index (χ2v) is 15.1. The van der Waals surface area contributed by atoms with Crippen LogP contribution in [0.25, 0.3) is 23.3 Å². The normalized spacial score (nSPS) is 10.8. The molecule has 4 nitrogen and oxygen atoms in total. The Morgan fingerprint density at radius 1 is 0.310 bits per heavy atom. The average Bonchev–Trinajstić information content (AvgIpc) is 3.27. The molecular weight excluding hydrogens is 713 g/mol. The van der Waals surface area contributed by atoms with Gasteiger partial charge in [0, 0.05) is 0 Å². The first-order valence-electron chi connectivity index (χ1n) is 22.1. The van der Waals surface area contributed by atoms with Crippen molar-refractivity contribution in [3.05, 3.63) is 155 Å². The van der Waals surface area contributed by atoms with E-state index in [0.717, 1.165) is 120 Å². The maximum Gasteiger partial charge on any atom is 0.119 e. The number of benzene rings is 5. The lowest BCUT2D eigenvalue weighted by atomic mass is 9.94. The third-order valence-corrected chi connectivity index (χ3v) is 10.3. The molecular formula is C54H66O4. The predicted molar refractivity (Wildman–Crippen MR) is 246 cm³/mol. The predicted octanol–water partition coefficient (Wildman–Crippen LogP) is 15.1. The Bertz CT molecular complexity index is 1660. The molecule has 0 aromatic heterocycles. The molecule has 5 rings (SSSR count). The minimum absolute atomic E-state index is 0.746. The minimum Gasteiger partial charge on any atom is -0.494 e. The van der Waals surface area contributed by atoms with Crippen LogP contribution in [0.3, 0.4) is 0 Å². The Hall–Kier alpha value is -5.22. The van der Waals surface area contributed by atoms with Gasteiger partial charge in [0.15, 0.2) is 0 Å². The summed E-state index contributed by atoms with van der Waals surface area (Å²) in [4.78, 5) is 0. The summed E-state index contributed by atoms with van der Waals surface area (Å²) in [7, 11) is 0. The van der Waals surface area contributed by atoms with E-state index in [4.69, 9.17) is 18.9 Å². The summed E-state index contributed by atoms with van der Waals surface area (Å²) in [6, 6.07) is 42.9. The van der Waals surface area contributed by atoms with E-state index in [0.29, 0.717) is 0 Å². The summed E-state index contributed by atoms with van der Waals surface area (Å²) in [6.45, 7) is 11.8. The number of hydrogen-bond donors (Lipinski definition) is 0. The Labute approximate surface area is 349 Å². The van der Waals surface area contributed by atoms with Gasteiger partial charge in [-0.3, -0.25) is 0 Å². The van der Waals surface area contributed by atoms with Gasteiger partial charge in [-0.15, -0.1) is 0 Å². The van der Waals surface area contributed by atoms with Crippen LogP contribution in [0.15, 0.2) is 121 Å². The zero-order chi connectivity index (χ0) is 40.6. The summed E-state index contributed by atoms with van der Waals surface area (Å²) >= 11 is 0. The lowest BCUT2D eigenvalue weighted by Crippen LogP contribution is -1.98. The highest BCUT2D eigenvalue weighted by Gasteiger charge is 2.10. The second-order valence-electron chi connectivity index (χ2n) is 15.1. The van der Waals surface area contributed by atoms with E-state index in [2.05, 4.69) is 161 Å². The molecule has 0 fully saturated rings. The van der Waals surface area contributed by atoms with E-state index in [1.54, 1.807) is 0 Å². The fourth-order valence-corrected chi connectivity index (χ4v) is 6.78. The molecule has 0 aliphatic rings. The van der Waals surface area contributed by atoms with E-state index in [1.807, 2.05) is 0 Å². The number of unbranched alkanes of at least 4 members (excludes halogenated alkanes) is 8. The molecule has 5 aromatic rings. The van der Waals surface area contributed by atoms with Crippen LogP contribution in [0, 0.1) is 0 Å². The summed E-state index contributed by atoms with van der Waals surface area (Å²) in [6.07, 6.45) is 18.3. The molecule has 58 heavy (non-hydrogen) atoms. The third kappa shape index (κ3) is 14.6. The van der Waals surface area contributed by atoms with Crippen molar-refractivity contribution in [2.24, 2.45) is 0 Å². The Morgan fingerprint density at radius 2 is 0.534 bits per heavy atom. The SMILES string of the molecule is CCCCCOc1ccc(C(=Cc2ccc(C=C(c3ccc(OCCCCC)cc3)c3ccc(OCCCCC)cc3)cc2)c2ccc(OCCCCC)cc2)cc1. The molecule has 0 heterocycles. The third-order valence-electron chi connectivity index (χ3n) is 10.3. The fraction of sp³-hybridized carbons (Fsp3) is 0.370. The van der Waals surface area contributed by atoms with E-state index in [9.17, 15) is 0 Å². The minimum atomic E-state index is 0.746. The van der Waals surface area contributed by atoms with Gasteiger partial charge in [-0.05, 0) is 131 Å². The van der Waals surface area contributed by atoms with Crippen LogP contribution in [0.4, 0.5) is 0 Å². The van der Waals surface area contributed by atoms with Crippen molar-refractivity contribution < 1.29 is 18.9 Å². The molecule has 0 N–H and O–H groups in total. The molecule has 4 heteroatoms. The highest BCUT2D eigenvalue weighted by molar-refractivity contribution is 5.93. The van der Waals surface area contributed by atoms with E-state index in [-0.39, 0.29) is 0 Å². The first-order chi connectivity index (χ1) is 28.6. The van der Waals surface area contributed by atoms with Crippen molar-refractivity contribution in [2.75, 3.05) is 26.4 Å². The van der Waals surface area contributed by atoms with Gasteiger partial charge in [0.25, 0.3) is 0 Å². The first kappa shape index (κ1) is 43.9. The summed E-state index contributed by atoms with van der Waals surface area (Å²) in [5.74, 6) is 3.63. The molecule has 0 saturated carbocycles. The Balaban J connectivity index is 1.42. The molecule has 0 atom stereocenters. The Kier molecular flexibility index (Phi) is 19.1. The Morgan fingerprint density at radius 3 is 0.741 bits per heavy atom. The highest BCUT2D eigenvalue weighted by Crippen LogP contribution is 2.32. The van der Waals surface area contributed by atoms with Crippen LogP contribution in [0.2, 0.25) is 0 Å². The lowest BCUT2D eigenvalue weighted by Gasteiger charge is -2.13. The van der Waals surface area contributed by atoms with E-state index >= 15 is 0 Å². The average molecular weight is 779 g/mol. The van der Waals surface area contributed by atoms with Crippen molar-refractivity contribution in [1.82, 2.24) is 0 Å². The van der Waals surface area contributed by atoms with Crippen molar-refractivity contribution >= 4 is 23.3 Å². The van der Waals surface area contributed by atoms with Crippen LogP contribution < -0.4 is 18.9 Å². The van der Waals surface area contributed by atoms with Gasteiger partial charge in [0.1, 0.15) is 23.0 Å². The van der Waals surface area contributed by atoms with Crippen molar-refractivity contribution in [1.29, 1.82) is 0 Å². The van der Waals surface area contributed by atoms with Crippen LogP contribution >= 0.6 is 0 Å². The van der Waals surface area contributed by atoms with Crippen molar-refractivity contribution in [3.8, 4) is 23.0 Å². The van der Waals surface area contributed by atoms with Crippen molar-refractivity contribution in [2.45, 2.75) is 105 Å². The van der Waals surface area contributed by atoms with Gasteiger partial charge < -0.3 is 18.9 Å². The van der Waals surface area contributed by atoms with Gasteiger partial charge in [0.2, 0.25) is 0 Å². The molecule has 0 bridgehead atoms. The monoisotopic (exact) mass is 778 g/mol. The van der Waals surface area contributed by atoms with E-state index in [1.165, 1.54) is 51.4 Å². The summed E-state index contributed by atoms with van der Waals surface area (Å²) < 4.78 is 24.2. The zero-order valence-corrected chi connectivity index (χ0v) is 35.6.